The lowest BCUT2D eigenvalue weighted by atomic mass is 10.0. The van der Waals surface area contributed by atoms with Crippen molar-refractivity contribution in [3.8, 4) is 11.8 Å². The lowest BCUT2D eigenvalue weighted by Crippen LogP contribution is -2.42. The number of para-hydroxylation sites is 1. The standard InChI is InChI=1S/C23H22N2O4/c1-23(2,29)12-11-15-7-3-4-9-18(15)21(26)25-20(22(27)28)13-16-14-24-19-10-6-5-8-17(16)19/h3-10,14,20,24,29H,13H2,1-2H3,(H,25,26)(H,27,28)/t20-/m0/s1. The molecule has 0 fully saturated rings. The quantitative estimate of drug-likeness (QED) is 0.503. The highest BCUT2D eigenvalue weighted by Crippen LogP contribution is 2.19. The summed E-state index contributed by atoms with van der Waals surface area (Å²) in [6, 6.07) is 13.1. The predicted molar refractivity (Wildman–Crippen MR) is 111 cm³/mol. The molecule has 0 saturated heterocycles. The van der Waals surface area contributed by atoms with Gasteiger partial charge in [-0.25, -0.2) is 4.79 Å². The van der Waals surface area contributed by atoms with Crippen molar-refractivity contribution in [1.29, 1.82) is 0 Å². The fraction of sp³-hybridized carbons (Fsp3) is 0.217. The summed E-state index contributed by atoms with van der Waals surface area (Å²) in [4.78, 5) is 27.7. The van der Waals surface area contributed by atoms with Crippen LogP contribution in [-0.4, -0.2) is 38.7 Å². The first-order chi connectivity index (χ1) is 13.7. The molecule has 3 rings (SSSR count). The summed E-state index contributed by atoms with van der Waals surface area (Å²) in [6.07, 6.45) is 1.90. The third kappa shape index (κ3) is 5.03. The van der Waals surface area contributed by atoms with Gasteiger partial charge in [0, 0.05) is 29.1 Å². The molecule has 0 spiro atoms. The summed E-state index contributed by atoms with van der Waals surface area (Å²) in [5.41, 5.74) is 1.19. The molecule has 1 atom stereocenters. The van der Waals surface area contributed by atoms with Crippen molar-refractivity contribution in [2.75, 3.05) is 0 Å². The Morgan fingerprint density at radius 2 is 1.83 bits per heavy atom. The van der Waals surface area contributed by atoms with Crippen LogP contribution in [0.15, 0.2) is 54.7 Å². The highest BCUT2D eigenvalue weighted by molar-refractivity contribution is 5.99. The zero-order valence-corrected chi connectivity index (χ0v) is 16.2. The smallest absolute Gasteiger partial charge is 0.326 e. The van der Waals surface area contributed by atoms with E-state index in [2.05, 4.69) is 22.1 Å². The maximum atomic E-state index is 12.8. The van der Waals surface area contributed by atoms with Crippen molar-refractivity contribution in [2.45, 2.75) is 31.9 Å². The van der Waals surface area contributed by atoms with E-state index in [4.69, 9.17) is 0 Å². The zero-order valence-electron chi connectivity index (χ0n) is 16.2. The van der Waals surface area contributed by atoms with Gasteiger partial charge in [0.25, 0.3) is 5.91 Å². The minimum Gasteiger partial charge on any atom is -0.480 e. The summed E-state index contributed by atoms with van der Waals surface area (Å²) in [6.45, 7) is 3.09. The topological polar surface area (TPSA) is 102 Å². The molecule has 1 amide bonds. The largest absolute Gasteiger partial charge is 0.480 e. The van der Waals surface area contributed by atoms with Crippen molar-refractivity contribution >= 4 is 22.8 Å². The highest BCUT2D eigenvalue weighted by Gasteiger charge is 2.23. The highest BCUT2D eigenvalue weighted by atomic mass is 16.4. The van der Waals surface area contributed by atoms with E-state index in [1.54, 1.807) is 44.3 Å². The second-order valence-corrected chi connectivity index (χ2v) is 7.28. The van der Waals surface area contributed by atoms with E-state index in [0.29, 0.717) is 5.56 Å². The van der Waals surface area contributed by atoms with Gasteiger partial charge >= 0.3 is 5.97 Å². The van der Waals surface area contributed by atoms with Gasteiger partial charge in [-0.1, -0.05) is 42.2 Å². The Morgan fingerprint density at radius 1 is 1.14 bits per heavy atom. The number of amides is 1. The lowest BCUT2D eigenvalue weighted by Gasteiger charge is -2.15. The maximum Gasteiger partial charge on any atom is 0.326 e. The first-order valence-electron chi connectivity index (χ1n) is 9.18. The number of hydrogen-bond acceptors (Lipinski definition) is 3. The molecule has 0 unspecified atom stereocenters. The molecular formula is C23H22N2O4. The summed E-state index contributed by atoms with van der Waals surface area (Å²) < 4.78 is 0. The number of rotatable bonds is 5. The van der Waals surface area contributed by atoms with Crippen LogP contribution in [0.4, 0.5) is 0 Å². The monoisotopic (exact) mass is 390 g/mol. The number of carboxylic acid groups (broad SMARTS) is 1. The number of carbonyl (C=O) groups excluding carboxylic acids is 1. The first-order valence-corrected chi connectivity index (χ1v) is 9.18. The van der Waals surface area contributed by atoms with Crippen LogP contribution in [0.2, 0.25) is 0 Å². The molecule has 0 bridgehead atoms. The number of benzene rings is 2. The Morgan fingerprint density at radius 3 is 2.55 bits per heavy atom. The number of aromatic nitrogens is 1. The summed E-state index contributed by atoms with van der Waals surface area (Å²) >= 11 is 0. The van der Waals surface area contributed by atoms with Crippen molar-refractivity contribution in [1.82, 2.24) is 10.3 Å². The molecule has 148 valence electrons. The molecule has 2 aromatic carbocycles. The van der Waals surface area contributed by atoms with E-state index < -0.39 is 23.5 Å². The molecule has 0 saturated carbocycles. The molecule has 3 aromatic rings. The molecule has 0 aliphatic rings. The second kappa shape index (κ2) is 8.21. The second-order valence-electron chi connectivity index (χ2n) is 7.28. The average Bonchev–Trinajstić information content (AvgIpc) is 3.08. The van der Waals surface area contributed by atoms with Crippen LogP contribution in [0.25, 0.3) is 10.9 Å². The van der Waals surface area contributed by atoms with Crippen LogP contribution >= 0.6 is 0 Å². The van der Waals surface area contributed by atoms with E-state index in [9.17, 15) is 19.8 Å². The maximum absolute atomic E-state index is 12.8. The van der Waals surface area contributed by atoms with E-state index in [1.165, 1.54) is 0 Å². The van der Waals surface area contributed by atoms with Crippen LogP contribution in [0.5, 0.6) is 0 Å². The van der Waals surface area contributed by atoms with Gasteiger partial charge in [-0.15, -0.1) is 0 Å². The van der Waals surface area contributed by atoms with Crippen LogP contribution in [0.1, 0.15) is 35.3 Å². The van der Waals surface area contributed by atoms with Crippen molar-refractivity contribution in [3.05, 3.63) is 71.4 Å². The Labute approximate surface area is 168 Å². The molecule has 1 aromatic heterocycles. The van der Waals surface area contributed by atoms with Gasteiger partial charge in [0.15, 0.2) is 0 Å². The van der Waals surface area contributed by atoms with Crippen molar-refractivity contribution < 1.29 is 19.8 Å². The first kappa shape index (κ1) is 20.2. The molecule has 6 heteroatoms. The molecule has 0 aliphatic carbocycles. The van der Waals surface area contributed by atoms with Gasteiger partial charge in [0.2, 0.25) is 0 Å². The molecule has 0 radical (unpaired) electrons. The normalized spacial score (nSPS) is 12.1. The van der Waals surface area contributed by atoms with Gasteiger partial charge in [0.05, 0.1) is 5.56 Å². The Bertz CT molecular complexity index is 1110. The number of aliphatic hydroxyl groups is 1. The molecular weight excluding hydrogens is 368 g/mol. The predicted octanol–water partition coefficient (Wildman–Crippen LogP) is 2.72. The lowest BCUT2D eigenvalue weighted by molar-refractivity contribution is -0.139. The number of nitrogens with one attached hydrogen (secondary N) is 2. The van der Waals surface area contributed by atoms with E-state index in [0.717, 1.165) is 16.5 Å². The molecule has 6 nitrogen and oxygen atoms in total. The minimum atomic E-state index is -1.21. The van der Waals surface area contributed by atoms with Gasteiger partial charge < -0.3 is 20.5 Å². The number of fused-ring (bicyclic) bond motifs is 1. The number of H-pyrrole nitrogens is 1. The zero-order chi connectivity index (χ0) is 21.0. The number of aliphatic carboxylic acids is 1. The minimum absolute atomic E-state index is 0.141. The van der Waals surface area contributed by atoms with E-state index >= 15 is 0 Å². The number of aromatic amines is 1. The third-order valence-corrected chi connectivity index (χ3v) is 4.38. The average molecular weight is 390 g/mol. The van der Waals surface area contributed by atoms with E-state index in [1.807, 2.05) is 24.3 Å². The van der Waals surface area contributed by atoms with Crippen LogP contribution in [0.3, 0.4) is 0 Å². The molecule has 29 heavy (non-hydrogen) atoms. The van der Waals surface area contributed by atoms with E-state index in [-0.39, 0.29) is 12.0 Å². The summed E-state index contributed by atoms with van der Waals surface area (Å²) in [5, 5.41) is 22.9. The van der Waals surface area contributed by atoms with Gasteiger partial charge in [-0.2, -0.15) is 0 Å². The van der Waals surface area contributed by atoms with Gasteiger partial charge in [-0.05, 0) is 37.6 Å². The summed E-state index contributed by atoms with van der Waals surface area (Å²) in [5.74, 6) is 3.81. The van der Waals surface area contributed by atoms with Crippen LogP contribution < -0.4 is 5.32 Å². The van der Waals surface area contributed by atoms with Gasteiger partial charge in [-0.3, -0.25) is 4.79 Å². The Balaban J connectivity index is 1.84. The SMILES string of the molecule is CC(C)(O)C#Cc1ccccc1C(=O)N[C@@H](Cc1c[nH]c2ccccc12)C(=O)O. The van der Waals surface area contributed by atoms with Crippen molar-refractivity contribution in [2.24, 2.45) is 0 Å². The van der Waals surface area contributed by atoms with Crippen LogP contribution in [-0.2, 0) is 11.2 Å². The number of hydrogen-bond donors (Lipinski definition) is 4. The Hall–Kier alpha value is -3.56. The number of carboxylic acids is 1. The van der Waals surface area contributed by atoms with Crippen LogP contribution in [0, 0.1) is 11.8 Å². The number of carbonyl (C=O) groups is 2. The molecule has 0 aliphatic heterocycles. The molecule has 1 heterocycles. The fourth-order valence-electron chi connectivity index (χ4n) is 2.97. The molecule has 4 N–H and O–H groups in total. The van der Waals surface area contributed by atoms with Crippen molar-refractivity contribution in [3.63, 3.8) is 0 Å². The third-order valence-electron chi connectivity index (χ3n) is 4.38. The fourth-order valence-corrected chi connectivity index (χ4v) is 2.97. The van der Waals surface area contributed by atoms with Gasteiger partial charge in [0.1, 0.15) is 11.6 Å². The Kier molecular flexibility index (Phi) is 5.71. The summed E-state index contributed by atoms with van der Waals surface area (Å²) in [7, 11) is 0.